The Balaban J connectivity index is 1.06. The topological polar surface area (TPSA) is 48.0 Å². The SMILES string of the molecule is c1ccc(-c2cc(-c3cccc(-c4cc5ccccc5c5c(-c6ccccc6)c(-c6ccccc6)nn45)c3)nc(-c3ccc4c(c3)c3ccccc3n4-c3ccccc3)n2)cc1. The van der Waals surface area contributed by atoms with Crippen molar-refractivity contribution in [2.75, 3.05) is 0 Å². The molecule has 0 aliphatic heterocycles. The quantitative estimate of drug-likeness (QED) is 0.162. The normalized spacial score (nSPS) is 11.5. The highest BCUT2D eigenvalue weighted by atomic mass is 15.2. The minimum Gasteiger partial charge on any atom is -0.309 e. The Morgan fingerprint density at radius 3 is 1.69 bits per heavy atom. The average molecular weight is 792 g/mol. The zero-order valence-corrected chi connectivity index (χ0v) is 33.6. The van der Waals surface area contributed by atoms with Gasteiger partial charge < -0.3 is 4.57 Å². The summed E-state index contributed by atoms with van der Waals surface area (Å²) in [6, 6.07) is 79.0. The van der Waals surface area contributed by atoms with Gasteiger partial charge in [-0.3, -0.25) is 0 Å². The zero-order valence-electron chi connectivity index (χ0n) is 33.6. The summed E-state index contributed by atoms with van der Waals surface area (Å²) in [5.74, 6) is 0.672. The Morgan fingerprint density at radius 2 is 0.935 bits per heavy atom. The molecule has 0 spiro atoms. The van der Waals surface area contributed by atoms with Gasteiger partial charge in [0.05, 0.1) is 33.6 Å². The lowest BCUT2D eigenvalue weighted by atomic mass is 9.96. The second kappa shape index (κ2) is 14.7. The lowest BCUT2D eigenvalue weighted by molar-refractivity contribution is 0.979. The van der Waals surface area contributed by atoms with Gasteiger partial charge in [0.15, 0.2) is 5.82 Å². The number of hydrogen-bond acceptors (Lipinski definition) is 3. The first-order chi connectivity index (χ1) is 30.7. The lowest BCUT2D eigenvalue weighted by Crippen LogP contribution is -1.98. The maximum atomic E-state index is 5.45. The molecule has 0 atom stereocenters. The molecule has 290 valence electrons. The molecule has 0 radical (unpaired) electrons. The summed E-state index contributed by atoms with van der Waals surface area (Å²) >= 11 is 0. The van der Waals surface area contributed by atoms with Gasteiger partial charge >= 0.3 is 0 Å². The predicted molar refractivity (Wildman–Crippen MR) is 255 cm³/mol. The van der Waals surface area contributed by atoms with E-state index in [1.165, 1.54) is 5.39 Å². The maximum Gasteiger partial charge on any atom is 0.160 e. The first-order valence-electron chi connectivity index (χ1n) is 20.9. The number of benzene rings is 8. The lowest BCUT2D eigenvalue weighted by Gasteiger charge is -2.13. The molecule has 0 aliphatic rings. The summed E-state index contributed by atoms with van der Waals surface area (Å²) in [4.78, 5) is 10.6. The summed E-state index contributed by atoms with van der Waals surface area (Å²) < 4.78 is 4.48. The summed E-state index contributed by atoms with van der Waals surface area (Å²) in [7, 11) is 0. The molecule has 62 heavy (non-hydrogen) atoms. The molecule has 0 unspecified atom stereocenters. The molecule has 5 nitrogen and oxygen atoms in total. The Morgan fingerprint density at radius 1 is 0.355 bits per heavy atom. The van der Waals surface area contributed by atoms with Crippen LogP contribution in [0.5, 0.6) is 0 Å². The second-order valence-corrected chi connectivity index (χ2v) is 15.7. The van der Waals surface area contributed by atoms with Crippen LogP contribution in [0.15, 0.2) is 224 Å². The number of para-hydroxylation sites is 2. The fraction of sp³-hybridized carbons (Fsp3) is 0. The van der Waals surface area contributed by atoms with E-state index < -0.39 is 0 Å². The molecular formula is C57H37N5. The van der Waals surface area contributed by atoms with Crippen molar-refractivity contribution in [3.63, 3.8) is 0 Å². The van der Waals surface area contributed by atoms with Crippen LogP contribution in [0.2, 0.25) is 0 Å². The van der Waals surface area contributed by atoms with E-state index in [2.05, 4.69) is 227 Å². The summed E-state index contributed by atoms with van der Waals surface area (Å²) in [6.07, 6.45) is 0. The molecule has 5 heteroatoms. The van der Waals surface area contributed by atoms with E-state index in [4.69, 9.17) is 15.1 Å². The van der Waals surface area contributed by atoms with Crippen molar-refractivity contribution in [1.29, 1.82) is 0 Å². The highest BCUT2D eigenvalue weighted by Gasteiger charge is 2.22. The summed E-state index contributed by atoms with van der Waals surface area (Å²) in [6.45, 7) is 0. The second-order valence-electron chi connectivity index (χ2n) is 15.7. The average Bonchev–Trinajstić information content (AvgIpc) is 3.92. The molecular weight excluding hydrogens is 755 g/mol. The Kier molecular flexibility index (Phi) is 8.42. The van der Waals surface area contributed by atoms with Crippen LogP contribution < -0.4 is 0 Å². The van der Waals surface area contributed by atoms with Crippen molar-refractivity contribution >= 4 is 38.1 Å². The van der Waals surface area contributed by atoms with Crippen molar-refractivity contribution in [2.24, 2.45) is 0 Å². The van der Waals surface area contributed by atoms with Crippen LogP contribution in [0.3, 0.4) is 0 Å². The van der Waals surface area contributed by atoms with E-state index in [0.717, 1.165) is 100 Å². The van der Waals surface area contributed by atoms with Gasteiger partial charge in [-0.2, -0.15) is 5.10 Å². The molecule has 0 aliphatic carbocycles. The molecule has 0 amide bonds. The van der Waals surface area contributed by atoms with Gasteiger partial charge in [-0.15, -0.1) is 0 Å². The van der Waals surface area contributed by atoms with Crippen molar-refractivity contribution in [2.45, 2.75) is 0 Å². The molecule has 0 fully saturated rings. The van der Waals surface area contributed by atoms with Crippen molar-refractivity contribution in [3.05, 3.63) is 224 Å². The number of nitrogens with zero attached hydrogens (tertiary/aromatic N) is 5. The van der Waals surface area contributed by atoms with Gasteiger partial charge in [-0.1, -0.05) is 170 Å². The van der Waals surface area contributed by atoms with Crippen LogP contribution in [-0.2, 0) is 0 Å². The fourth-order valence-electron chi connectivity index (χ4n) is 9.06. The maximum absolute atomic E-state index is 5.45. The van der Waals surface area contributed by atoms with Crippen molar-refractivity contribution < 1.29 is 0 Å². The molecule has 12 aromatic rings. The van der Waals surface area contributed by atoms with E-state index >= 15 is 0 Å². The van der Waals surface area contributed by atoms with E-state index in [1.807, 2.05) is 6.07 Å². The first kappa shape index (κ1) is 35.5. The van der Waals surface area contributed by atoms with Crippen LogP contribution in [0.1, 0.15) is 0 Å². The standard InChI is InChI=1S/C57H37N5/c1-5-18-38(19-6-1)49-37-50(59-57(58-49)44-32-33-52-48(35-44)47-30-15-16-31-51(47)61(52)45-27-11-4-12-28-45)42-25-17-26-43(34-42)53-36-41-24-13-14-29-46(41)56-54(39-20-7-2-8-21-39)55(60-62(53)56)40-22-9-3-10-23-40/h1-37H. The van der Waals surface area contributed by atoms with Crippen molar-refractivity contribution in [1.82, 2.24) is 24.1 Å². The van der Waals surface area contributed by atoms with Crippen molar-refractivity contribution in [3.8, 4) is 73.2 Å². The number of hydrogen-bond donors (Lipinski definition) is 0. The summed E-state index contributed by atoms with van der Waals surface area (Å²) in [5.41, 5.74) is 15.5. The molecule has 0 bridgehead atoms. The third kappa shape index (κ3) is 5.98. The van der Waals surface area contributed by atoms with Gasteiger partial charge in [0.25, 0.3) is 0 Å². The zero-order chi connectivity index (χ0) is 41.0. The third-order valence-electron chi connectivity index (χ3n) is 11.9. The monoisotopic (exact) mass is 791 g/mol. The van der Waals surface area contributed by atoms with E-state index in [-0.39, 0.29) is 0 Å². The van der Waals surface area contributed by atoms with Crippen LogP contribution in [-0.4, -0.2) is 24.1 Å². The Hall–Kier alpha value is -8.41. The predicted octanol–water partition coefficient (Wildman–Crippen LogP) is 14.4. The van der Waals surface area contributed by atoms with Crippen LogP contribution in [0.25, 0.3) is 111 Å². The highest BCUT2D eigenvalue weighted by molar-refractivity contribution is 6.11. The van der Waals surface area contributed by atoms with Crippen LogP contribution in [0, 0.1) is 0 Å². The largest absolute Gasteiger partial charge is 0.309 e. The van der Waals surface area contributed by atoms with Gasteiger partial charge in [0.2, 0.25) is 0 Å². The fourth-order valence-corrected chi connectivity index (χ4v) is 9.06. The Labute approximate surface area is 358 Å². The first-order valence-corrected chi connectivity index (χ1v) is 20.9. The molecule has 0 N–H and O–H groups in total. The minimum atomic E-state index is 0.672. The highest BCUT2D eigenvalue weighted by Crippen LogP contribution is 2.42. The van der Waals surface area contributed by atoms with E-state index in [0.29, 0.717) is 5.82 Å². The third-order valence-corrected chi connectivity index (χ3v) is 11.9. The van der Waals surface area contributed by atoms with Crippen LogP contribution in [0.4, 0.5) is 0 Å². The molecule has 12 rings (SSSR count). The smallest absolute Gasteiger partial charge is 0.160 e. The number of pyridine rings is 1. The molecule has 8 aromatic carbocycles. The molecule has 0 saturated carbocycles. The van der Waals surface area contributed by atoms with E-state index in [1.54, 1.807) is 0 Å². The van der Waals surface area contributed by atoms with Gasteiger partial charge in [0.1, 0.15) is 5.69 Å². The minimum absolute atomic E-state index is 0.672. The molecule has 4 heterocycles. The van der Waals surface area contributed by atoms with Crippen LogP contribution >= 0.6 is 0 Å². The van der Waals surface area contributed by atoms with E-state index in [9.17, 15) is 0 Å². The molecule has 4 aromatic heterocycles. The Bertz CT molecular complexity index is 3610. The number of fused-ring (bicyclic) bond motifs is 6. The number of aromatic nitrogens is 5. The molecule has 0 saturated heterocycles. The number of rotatable bonds is 7. The van der Waals surface area contributed by atoms with Gasteiger partial charge in [0, 0.05) is 55.2 Å². The van der Waals surface area contributed by atoms with Gasteiger partial charge in [-0.25, -0.2) is 14.5 Å². The summed E-state index contributed by atoms with van der Waals surface area (Å²) in [5, 5.41) is 10.1. The van der Waals surface area contributed by atoms with Gasteiger partial charge in [-0.05, 0) is 65.5 Å².